The summed E-state index contributed by atoms with van der Waals surface area (Å²) in [6, 6.07) is 0.498. The number of hydrogen-bond donors (Lipinski definition) is 1. The zero-order valence-corrected chi connectivity index (χ0v) is 15.1. The van der Waals surface area contributed by atoms with Crippen LogP contribution < -0.4 is 5.32 Å². The van der Waals surface area contributed by atoms with E-state index in [1.165, 1.54) is 17.9 Å². The minimum Gasteiger partial charge on any atom is -0.312 e. The molecule has 1 aromatic heterocycles. The van der Waals surface area contributed by atoms with Crippen LogP contribution in [-0.4, -0.2) is 49.4 Å². The topological polar surface area (TPSA) is 42.7 Å². The van der Waals surface area contributed by atoms with E-state index in [2.05, 4.69) is 64.4 Å². The lowest BCUT2D eigenvalue weighted by molar-refractivity contribution is 0.459. The van der Waals surface area contributed by atoms with E-state index in [9.17, 15) is 0 Å². The van der Waals surface area contributed by atoms with Gasteiger partial charge in [0.25, 0.3) is 0 Å². The van der Waals surface area contributed by atoms with E-state index in [0.29, 0.717) is 16.5 Å². The molecular weight excluding hydrogens is 300 g/mol. The zero-order valence-electron chi connectivity index (χ0n) is 13.4. The Morgan fingerprint density at radius 2 is 2.14 bits per heavy atom. The molecule has 120 valence electrons. The van der Waals surface area contributed by atoms with E-state index in [1.54, 1.807) is 6.33 Å². The maximum atomic E-state index is 4.50. The van der Waals surface area contributed by atoms with Crippen molar-refractivity contribution in [2.75, 3.05) is 18.1 Å². The molecule has 0 radical (unpaired) electrons. The van der Waals surface area contributed by atoms with Crippen LogP contribution in [0.4, 0.5) is 0 Å². The Morgan fingerprint density at radius 3 is 2.86 bits per heavy atom. The quantitative estimate of drug-likeness (QED) is 0.795. The van der Waals surface area contributed by atoms with Crippen LogP contribution in [0.1, 0.15) is 39.4 Å². The van der Waals surface area contributed by atoms with Crippen LogP contribution in [0.5, 0.6) is 0 Å². The largest absolute Gasteiger partial charge is 0.312 e. The first-order valence-electron chi connectivity index (χ1n) is 8.09. The van der Waals surface area contributed by atoms with E-state index < -0.39 is 0 Å². The second-order valence-electron chi connectivity index (χ2n) is 5.58. The van der Waals surface area contributed by atoms with Crippen LogP contribution in [0.25, 0.3) is 0 Å². The summed E-state index contributed by atoms with van der Waals surface area (Å²) in [7, 11) is 0. The normalized spacial score (nSPS) is 24.1. The van der Waals surface area contributed by atoms with E-state index in [-0.39, 0.29) is 0 Å². The van der Waals surface area contributed by atoms with Gasteiger partial charge in [0.2, 0.25) is 0 Å². The number of aryl methyl sites for hydroxylation is 1. The Balaban J connectivity index is 2.06. The molecule has 1 aliphatic heterocycles. The first-order chi connectivity index (χ1) is 10.3. The van der Waals surface area contributed by atoms with Crippen molar-refractivity contribution in [3.05, 3.63) is 12.2 Å². The molecule has 0 amide bonds. The molecule has 2 rings (SSSR count). The Hall–Kier alpha value is -0.200. The summed E-state index contributed by atoms with van der Waals surface area (Å²) in [5.41, 5.74) is 0. The molecule has 1 aliphatic rings. The molecule has 3 atom stereocenters. The number of nitrogens with zero attached hydrogens (tertiary/aromatic N) is 3. The first kappa shape index (κ1) is 17.2. The van der Waals surface area contributed by atoms with Crippen molar-refractivity contribution in [3.8, 4) is 0 Å². The molecule has 2 heterocycles. The summed E-state index contributed by atoms with van der Waals surface area (Å²) < 4.78 is 2.08. The van der Waals surface area contributed by atoms with Crippen LogP contribution in [0.3, 0.4) is 0 Å². The highest BCUT2D eigenvalue weighted by Crippen LogP contribution is 2.33. The molecule has 6 heteroatoms. The molecule has 0 aromatic carbocycles. The third-order valence-electron chi connectivity index (χ3n) is 3.82. The van der Waals surface area contributed by atoms with Crippen LogP contribution in [0, 0.1) is 0 Å². The SMILES string of the molecule is CCCNC(Cc1ncnn1CCC)C1SCCSC1C. The molecule has 4 nitrogen and oxygen atoms in total. The van der Waals surface area contributed by atoms with Gasteiger partial charge in [0.1, 0.15) is 12.2 Å². The number of aromatic nitrogens is 3. The highest BCUT2D eigenvalue weighted by Gasteiger charge is 2.31. The van der Waals surface area contributed by atoms with Crippen LogP contribution >= 0.6 is 23.5 Å². The first-order valence-corrected chi connectivity index (χ1v) is 10.2. The number of nitrogens with one attached hydrogen (secondary N) is 1. The molecular formula is C15H28N4S2. The smallest absolute Gasteiger partial charge is 0.138 e. The van der Waals surface area contributed by atoms with Crippen LogP contribution in [0.15, 0.2) is 6.33 Å². The highest BCUT2D eigenvalue weighted by atomic mass is 32.2. The van der Waals surface area contributed by atoms with Gasteiger partial charge in [0.15, 0.2) is 0 Å². The van der Waals surface area contributed by atoms with Gasteiger partial charge < -0.3 is 5.32 Å². The van der Waals surface area contributed by atoms with Crippen molar-refractivity contribution in [2.45, 2.75) is 63.1 Å². The minimum atomic E-state index is 0.498. The van der Waals surface area contributed by atoms with Crippen LogP contribution in [0.2, 0.25) is 0 Å². The summed E-state index contributed by atoms with van der Waals surface area (Å²) >= 11 is 4.24. The fourth-order valence-electron chi connectivity index (χ4n) is 2.77. The van der Waals surface area contributed by atoms with E-state index >= 15 is 0 Å². The van der Waals surface area contributed by atoms with Gasteiger partial charge in [-0.1, -0.05) is 20.8 Å². The molecule has 1 saturated heterocycles. The molecule has 0 saturated carbocycles. The monoisotopic (exact) mass is 328 g/mol. The number of thioether (sulfide) groups is 2. The average Bonchev–Trinajstić information content (AvgIpc) is 2.92. The summed E-state index contributed by atoms with van der Waals surface area (Å²) in [6.07, 6.45) is 4.97. The van der Waals surface area contributed by atoms with Gasteiger partial charge in [-0.15, -0.1) is 0 Å². The summed E-state index contributed by atoms with van der Waals surface area (Å²) in [5, 5.41) is 9.51. The fraction of sp³-hybridized carbons (Fsp3) is 0.867. The fourth-order valence-corrected chi connectivity index (χ4v) is 5.73. The molecule has 0 spiro atoms. The van der Waals surface area contributed by atoms with E-state index in [1.807, 2.05) is 0 Å². The Labute approximate surface area is 137 Å². The van der Waals surface area contributed by atoms with Gasteiger partial charge in [0, 0.05) is 41.0 Å². The lowest BCUT2D eigenvalue weighted by atomic mass is 10.1. The number of hydrogen-bond acceptors (Lipinski definition) is 5. The Bertz CT molecular complexity index is 410. The van der Waals surface area contributed by atoms with Crippen LogP contribution in [-0.2, 0) is 13.0 Å². The Morgan fingerprint density at radius 1 is 1.33 bits per heavy atom. The molecule has 1 N–H and O–H groups in total. The standard InChI is InChI=1S/C15H28N4S2/c1-4-6-16-13(15-12(3)20-8-9-21-15)10-14-17-11-18-19(14)7-5-2/h11-13,15-16H,4-10H2,1-3H3. The molecule has 0 bridgehead atoms. The van der Waals surface area contributed by atoms with Crippen molar-refractivity contribution < 1.29 is 0 Å². The summed E-state index contributed by atoms with van der Waals surface area (Å²) in [4.78, 5) is 4.50. The predicted octanol–water partition coefficient (Wildman–Crippen LogP) is 2.84. The van der Waals surface area contributed by atoms with Gasteiger partial charge in [0.05, 0.1) is 0 Å². The third kappa shape index (κ3) is 4.89. The number of rotatable bonds is 8. The van der Waals surface area contributed by atoms with Crippen molar-refractivity contribution >= 4 is 23.5 Å². The molecule has 3 unspecified atom stereocenters. The second-order valence-corrected chi connectivity index (χ2v) is 8.35. The molecule has 1 aromatic rings. The minimum absolute atomic E-state index is 0.498. The third-order valence-corrected chi connectivity index (χ3v) is 7.07. The highest BCUT2D eigenvalue weighted by molar-refractivity contribution is 8.07. The van der Waals surface area contributed by atoms with Crippen molar-refractivity contribution in [1.82, 2.24) is 20.1 Å². The van der Waals surface area contributed by atoms with E-state index in [0.717, 1.165) is 31.8 Å². The maximum Gasteiger partial charge on any atom is 0.138 e. The second kappa shape index (κ2) is 9.06. The van der Waals surface area contributed by atoms with Gasteiger partial charge in [-0.2, -0.15) is 28.6 Å². The summed E-state index contributed by atoms with van der Waals surface area (Å²) in [6.45, 7) is 8.85. The average molecular weight is 329 g/mol. The van der Waals surface area contributed by atoms with Crippen molar-refractivity contribution in [3.63, 3.8) is 0 Å². The molecule has 1 fully saturated rings. The zero-order chi connectivity index (χ0) is 15.1. The van der Waals surface area contributed by atoms with E-state index in [4.69, 9.17) is 0 Å². The van der Waals surface area contributed by atoms with Gasteiger partial charge >= 0.3 is 0 Å². The molecule has 21 heavy (non-hydrogen) atoms. The van der Waals surface area contributed by atoms with Gasteiger partial charge in [-0.3, -0.25) is 4.68 Å². The van der Waals surface area contributed by atoms with Crippen molar-refractivity contribution in [2.24, 2.45) is 0 Å². The predicted molar refractivity (Wildman–Crippen MR) is 94.3 cm³/mol. The lowest BCUT2D eigenvalue weighted by Gasteiger charge is -2.35. The summed E-state index contributed by atoms with van der Waals surface area (Å²) in [5.74, 6) is 3.69. The van der Waals surface area contributed by atoms with Crippen molar-refractivity contribution in [1.29, 1.82) is 0 Å². The van der Waals surface area contributed by atoms with Gasteiger partial charge in [-0.05, 0) is 19.4 Å². The van der Waals surface area contributed by atoms with Gasteiger partial charge in [-0.25, -0.2) is 4.98 Å². The molecule has 0 aliphatic carbocycles. The Kier molecular flexibility index (Phi) is 7.40. The maximum absolute atomic E-state index is 4.50. The lowest BCUT2D eigenvalue weighted by Crippen LogP contribution is -2.46.